The van der Waals surface area contributed by atoms with E-state index in [0.29, 0.717) is 5.56 Å². The zero-order chi connectivity index (χ0) is 54.6. The number of nitrogens with one attached hydrogen (secondary N) is 2. The van der Waals surface area contributed by atoms with E-state index in [1.54, 1.807) is 56.3 Å². The average Bonchev–Trinajstić information content (AvgIpc) is 3.31. The van der Waals surface area contributed by atoms with Gasteiger partial charge in [0.2, 0.25) is 0 Å². The molecule has 0 radical (unpaired) electrons. The topological polar surface area (TPSA) is 231 Å². The summed E-state index contributed by atoms with van der Waals surface area (Å²) < 4.78 is 72.5. The molecule has 7 N–H and O–H groups in total. The number of carbonyl (C=O) groups is 4. The SMILES string of the molecule is CC(C)(C(=O)O)c1cccc(F)c1.CC(C)(N)c1cccc(F)c1.CC(C)(NCC(=O)O)c1cccc(F)c1.COC(=O)CBr.COC(=O)CNC(C)(C)c1cccc(F)c1.N#CCc1cccc(F)c1.[Li+].[OH-]. The molecule has 0 fully saturated rings. The van der Waals surface area contributed by atoms with Crippen molar-refractivity contribution in [1.82, 2.24) is 10.6 Å². The summed E-state index contributed by atoms with van der Waals surface area (Å²) in [7, 11) is 2.68. The summed E-state index contributed by atoms with van der Waals surface area (Å²) in [6, 6.07) is 32.4. The van der Waals surface area contributed by atoms with Crippen molar-refractivity contribution in [1.29, 1.82) is 5.26 Å². The molecule has 394 valence electrons. The maximum atomic E-state index is 13.0. The first kappa shape index (κ1) is 71.3. The van der Waals surface area contributed by atoms with Crippen LogP contribution in [-0.2, 0) is 57.1 Å². The van der Waals surface area contributed by atoms with Gasteiger partial charge in [0.25, 0.3) is 0 Å². The normalized spacial score (nSPS) is 10.4. The third-order valence-electron chi connectivity index (χ3n) is 9.84. The molecule has 13 nitrogen and oxygen atoms in total. The van der Waals surface area contributed by atoms with Crippen LogP contribution in [0, 0.1) is 40.4 Å². The molecule has 73 heavy (non-hydrogen) atoms. The van der Waals surface area contributed by atoms with Gasteiger partial charge in [-0.1, -0.05) is 76.6 Å². The van der Waals surface area contributed by atoms with Gasteiger partial charge in [-0.05, 0) is 144 Å². The van der Waals surface area contributed by atoms with Crippen LogP contribution >= 0.6 is 15.9 Å². The van der Waals surface area contributed by atoms with Crippen LogP contribution < -0.4 is 35.2 Å². The Labute approximate surface area is 445 Å². The van der Waals surface area contributed by atoms with Gasteiger partial charge in [-0.15, -0.1) is 0 Å². The third-order valence-corrected chi connectivity index (χ3v) is 10.3. The van der Waals surface area contributed by atoms with Crippen LogP contribution in [0.3, 0.4) is 0 Å². The molecule has 0 spiro atoms. The minimum absolute atomic E-state index is 0. The Morgan fingerprint density at radius 2 is 0.932 bits per heavy atom. The summed E-state index contributed by atoms with van der Waals surface area (Å²) in [5.41, 5.74) is 6.76. The van der Waals surface area contributed by atoms with Gasteiger partial charge in [0.1, 0.15) is 34.4 Å². The quantitative estimate of drug-likeness (QED) is 0.0345. The second kappa shape index (κ2) is 35.2. The van der Waals surface area contributed by atoms with Gasteiger partial charge in [-0.3, -0.25) is 29.8 Å². The summed E-state index contributed by atoms with van der Waals surface area (Å²) in [6.45, 7) is 14.1. The van der Waals surface area contributed by atoms with Crippen molar-refractivity contribution in [2.75, 3.05) is 32.6 Å². The van der Waals surface area contributed by atoms with E-state index < -0.39 is 39.8 Å². The second-order valence-corrected chi connectivity index (χ2v) is 17.9. The van der Waals surface area contributed by atoms with E-state index in [4.69, 9.17) is 21.2 Å². The van der Waals surface area contributed by atoms with Crippen LogP contribution in [0.5, 0.6) is 0 Å². The smallest absolute Gasteiger partial charge is 0.870 e. The standard InChI is InChI=1S/C12H16FNO2.C11H14FNO2.C10H11FO2.C9H12FN.C8H6FN.C3H5BrO2.Li.H2O/c1-12(2,14-8-11(15)16-3)9-5-4-6-10(13)7-9;1-11(2,13-7-10(14)15)8-4-3-5-9(12)6-8;1-10(2,9(12)13)7-4-3-5-8(11)6-7;1-9(2,11)7-4-3-5-8(10)6-7;9-8-3-1-2-7(6-8)4-5-10;1-6-3(5)2-4;;/h4-7,14H,8H2,1-3H3;3-6,13H,7H2,1-2H3,(H,14,15);3-6H,1-2H3,(H,12,13);3-6H,11H2,1-2H3;1-3,6H,4H2;2H2,1H3;;1H2/q;;;;;;+1;/p-1. The van der Waals surface area contributed by atoms with E-state index >= 15 is 0 Å². The minimum atomic E-state index is -1.04. The minimum Gasteiger partial charge on any atom is -0.870 e. The molecule has 0 heterocycles. The summed E-state index contributed by atoms with van der Waals surface area (Å²) in [5, 5.41) is 31.8. The van der Waals surface area contributed by atoms with Crippen molar-refractivity contribution in [2.45, 2.75) is 83.8 Å². The Hall–Kier alpha value is -5.96. The summed E-state index contributed by atoms with van der Waals surface area (Å²) in [4.78, 5) is 42.1. The average molecular weight is 1080 g/mol. The van der Waals surface area contributed by atoms with Crippen LogP contribution in [-0.4, -0.2) is 72.2 Å². The predicted molar refractivity (Wildman–Crippen MR) is 269 cm³/mol. The number of alkyl halides is 1. The van der Waals surface area contributed by atoms with Crippen molar-refractivity contribution in [3.63, 3.8) is 0 Å². The number of esters is 2. The number of methoxy groups -OCH3 is 2. The first-order valence-corrected chi connectivity index (χ1v) is 22.7. The maximum absolute atomic E-state index is 13.0. The molecule has 0 aliphatic heterocycles. The van der Waals surface area contributed by atoms with Crippen LogP contribution in [0.1, 0.15) is 83.2 Å². The van der Waals surface area contributed by atoms with E-state index in [9.17, 15) is 41.1 Å². The number of benzene rings is 5. The molecule has 20 heteroatoms. The van der Waals surface area contributed by atoms with Crippen LogP contribution in [0.4, 0.5) is 22.0 Å². The molecule has 0 atom stereocenters. The van der Waals surface area contributed by atoms with Crippen molar-refractivity contribution in [2.24, 2.45) is 5.73 Å². The fourth-order valence-corrected chi connectivity index (χ4v) is 5.53. The Kier molecular flexibility index (Phi) is 34.4. The van der Waals surface area contributed by atoms with Gasteiger partial charge in [0, 0.05) is 16.6 Å². The van der Waals surface area contributed by atoms with Crippen molar-refractivity contribution in [3.05, 3.63) is 178 Å². The number of carbonyl (C=O) groups excluding carboxylic acids is 2. The van der Waals surface area contributed by atoms with E-state index in [2.05, 4.69) is 36.0 Å². The number of carboxylic acids is 2. The molecule has 0 unspecified atom stereocenters. The summed E-state index contributed by atoms with van der Waals surface area (Å²) in [5.74, 6) is -4.01. The molecular weight excluding hydrogens is 1020 g/mol. The van der Waals surface area contributed by atoms with Crippen LogP contribution in [0.2, 0.25) is 0 Å². The predicted octanol–water partition coefficient (Wildman–Crippen LogP) is 7.04. The van der Waals surface area contributed by atoms with Crippen molar-refractivity contribution in [3.8, 4) is 6.07 Å². The van der Waals surface area contributed by atoms with Gasteiger partial charge >= 0.3 is 42.7 Å². The number of hydrogen-bond donors (Lipinski definition) is 5. The molecule has 0 aromatic heterocycles. The van der Waals surface area contributed by atoms with E-state index in [1.807, 2.05) is 59.7 Å². The van der Waals surface area contributed by atoms with Gasteiger partial charge in [0.05, 0.1) is 45.2 Å². The summed E-state index contributed by atoms with van der Waals surface area (Å²) >= 11 is 2.90. The molecule has 0 saturated carbocycles. The van der Waals surface area contributed by atoms with Crippen molar-refractivity contribution < 1.29 is 85.2 Å². The van der Waals surface area contributed by atoms with E-state index in [-0.39, 0.29) is 84.4 Å². The number of nitrogens with zero attached hydrogens (tertiary/aromatic N) is 1. The Morgan fingerprint density at radius 3 is 1.23 bits per heavy atom. The number of hydrogen-bond acceptors (Lipinski definition) is 11. The molecular formula is C53H65BrF5LiN4O9. The molecule has 5 aromatic rings. The van der Waals surface area contributed by atoms with E-state index in [1.165, 1.54) is 80.9 Å². The van der Waals surface area contributed by atoms with Gasteiger partial charge in [-0.2, -0.15) is 5.26 Å². The number of ether oxygens (including phenoxy) is 2. The third kappa shape index (κ3) is 30.0. The zero-order valence-electron chi connectivity index (χ0n) is 43.0. The molecule has 0 aliphatic carbocycles. The molecule has 0 aliphatic rings. The summed E-state index contributed by atoms with van der Waals surface area (Å²) in [6.07, 6.45) is 0.276. The molecule has 0 bridgehead atoms. The maximum Gasteiger partial charge on any atom is 1.00 e. The first-order chi connectivity index (χ1) is 32.9. The van der Waals surface area contributed by atoms with Gasteiger partial charge in [-0.25, -0.2) is 22.0 Å². The largest absolute Gasteiger partial charge is 1.00 e. The number of aliphatic carboxylic acids is 2. The van der Waals surface area contributed by atoms with Gasteiger partial charge < -0.3 is 30.9 Å². The number of rotatable bonds is 13. The second-order valence-electron chi connectivity index (χ2n) is 17.3. The number of nitriles is 1. The Morgan fingerprint density at radius 1 is 0.589 bits per heavy atom. The van der Waals surface area contributed by atoms with Gasteiger partial charge in [0.15, 0.2) is 0 Å². The Bertz CT molecular complexity index is 2500. The number of halogens is 6. The first-order valence-electron chi connectivity index (χ1n) is 21.5. The fraction of sp³-hybridized carbons (Fsp3) is 0.340. The zero-order valence-corrected chi connectivity index (χ0v) is 44.5. The number of nitrogens with two attached hydrogens (primary N) is 1. The molecule has 0 amide bonds. The monoisotopic (exact) mass is 1080 g/mol. The van der Waals surface area contributed by atoms with Crippen LogP contribution in [0.25, 0.3) is 0 Å². The molecule has 5 aromatic carbocycles. The molecule has 0 saturated heterocycles. The number of carboxylic acid groups (broad SMARTS) is 2. The fourth-order valence-electron chi connectivity index (χ4n) is 5.30. The van der Waals surface area contributed by atoms with Crippen LogP contribution in [0.15, 0.2) is 121 Å². The molecule has 5 rings (SSSR count). The van der Waals surface area contributed by atoms with Crippen molar-refractivity contribution >= 4 is 39.8 Å². The Balaban J connectivity index is -0.000000817. The van der Waals surface area contributed by atoms with E-state index in [0.717, 1.165) is 22.3 Å².